The van der Waals surface area contributed by atoms with Crippen LogP contribution in [0.5, 0.6) is 0 Å². The van der Waals surface area contributed by atoms with Gasteiger partial charge >= 0.3 is 0 Å². The maximum absolute atomic E-state index is 6.10. The highest BCUT2D eigenvalue weighted by atomic mass is 35.5. The zero-order chi connectivity index (χ0) is 14.8. The summed E-state index contributed by atoms with van der Waals surface area (Å²) in [4.78, 5) is 5.60. The van der Waals surface area contributed by atoms with Crippen molar-refractivity contribution in [3.63, 3.8) is 0 Å². The lowest BCUT2D eigenvalue weighted by atomic mass is 10.2. The molecule has 6 heteroatoms. The minimum absolute atomic E-state index is 0.132. The smallest absolute Gasteiger partial charge is 0.131 e. The summed E-state index contributed by atoms with van der Waals surface area (Å²) in [6.45, 7) is 2.61. The molecule has 3 aromatic heterocycles. The molecule has 0 radical (unpaired) electrons. The molecule has 0 spiro atoms. The van der Waals surface area contributed by atoms with Crippen LogP contribution in [-0.2, 0) is 13.0 Å². The van der Waals surface area contributed by atoms with Gasteiger partial charge in [-0.15, -0.1) is 11.3 Å². The van der Waals surface area contributed by atoms with Crippen molar-refractivity contribution in [1.82, 2.24) is 4.98 Å². The van der Waals surface area contributed by atoms with E-state index in [1.165, 1.54) is 4.88 Å². The van der Waals surface area contributed by atoms with E-state index in [1.54, 1.807) is 17.6 Å². The van der Waals surface area contributed by atoms with Crippen LogP contribution in [0, 0.1) is 0 Å². The summed E-state index contributed by atoms with van der Waals surface area (Å²) in [7, 11) is 0. The van der Waals surface area contributed by atoms with Crippen LogP contribution in [0.4, 0.5) is 5.69 Å². The number of fused-ring (bicyclic) bond motifs is 1. The summed E-state index contributed by atoms with van der Waals surface area (Å²) in [6, 6.07) is 7.85. The maximum Gasteiger partial charge on any atom is 0.131 e. The van der Waals surface area contributed by atoms with E-state index in [0.29, 0.717) is 11.7 Å². The normalized spacial score (nSPS) is 12.7. The number of halogens is 1. The molecule has 4 nitrogen and oxygen atoms in total. The predicted molar refractivity (Wildman–Crippen MR) is 88.0 cm³/mol. The molecule has 0 aliphatic rings. The molecule has 110 valence electrons. The Morgan fingerprint density at radius 3 is 3.05 bits per heavy atom. The van der Waals surface area contributed by atoms with Crippen LogP contribution in [0.15, 0.2) is 34.9 Å². The first-order valence-corrected chi connectivity index (χ1v) is 7.92. The van der Waals surface area contributed by atoms with Crippen LogP contribution in [0.25, 0.3) is 10.2 Å². The van der Waals surface area contributed by atoms with E-state index >= 15 is 0 Å². The molecular weight excluding hydrogens is 306 g/mol. The fourth-order valence-corrected chi connectivity index (χ4v) is 3.61. The van der Waals surface area contributed by atoms with Crippen molar-refractivity contribution in [3.8, 4) is 0 Å². The number of furan rings is 1. The first-order valence-electron chi connectivity index (χ1n) is 6.72. The lowest BCUT2D eigenvalue weighted by Gasteiger charge is -2.06. The van der Waals surface area contributed by atoms with E-state index in [0.717, 1.165) is 28.1 Å². The Labute approximate surface area is 131 Å². The summed E-state index contributed by atoms with van der Waals surface area (Å²) in [5.74, 6) is 0.878. The SMILES string of the molecule is C[C@H](N)Cc1cc2nc(Cl)cc(NCc3ccco3)c2s1. The Balaban J connectivity index is 1.90. The van der Waals surface area contributed by atoms with Crippen molar-refractivity contribution in [3.05, 3.63) is 46.3 Å². The third kappa shape index (κ3) is 3.37. The second-order valence-corrected chi connectivity index (χ2v) is 6.56. The van der Waals surface area contributed by atoms with Gasteiger partial charge in [0.2, 0.25) is 0 Å². The Morgan fingerprint density at radius 2 is 2.33 bits per heavy atom. The number of aromatic nitrogens is 1. The quantitative estimate of drug-likeness (QED) is 0.696. The lowest BCUT2D eigenvalue weighted by Crippen LogP contribution is -2.16. The molecule has 21 heavy (non-hydrogen) atoms. The number of rotatable bonds is 5. The monoisotopic (exact) mass is 321 g/mol. The van der Waals surface area contributed by atoms with E-state index in [2.05, 4.69) is 16.4 Å². The van der Waals surface area contributed by atoms with E-state index in [1.807, 2.05) is 25.1 Å². The van der Waals surface area contributed by atoms with Crippen LogP contribution < -0.4 is 11.1 Å². The molecule has 0 unspecified atom stereocenters. The maximum atomic E-state index is 6.10. The molecule has 3 rings (SSSR count). The molecule has 0 fully saturated rings. The molecule has 3 aromatic rings. The van der Waals surface area contributed by atoms with Crippen LogP contribution in [-0.4, -0.2) is 11.0 Å². The molecule has 0 bridgehead atoms. The van der Waals surface area contributed by atoms with Crippen molar-refractivity contribution in [2.75, 3.05) is 5.32 Å². The minimum atomic E-state index is 0.132. The van der Waals surface area contributed by atoms with Gasteiger partial charge in [0.15, 0.2) is 0 Å². The Hall–Kier alpha value is -1.56. The number of hydrogen-bond donors (Lipinski definition) is 2. The van der Waals surface area contributed by atoms with Gasteiger partial charge in [-0.2, -0.15) is 0 Å². The average Bonchev–Trinajstić information content (AvgIpc) is 3.03. The van der Waals surface area contributed by atoms with Gasteiger partial charge in [0.25, 0.3) is 0 Å². The second kappa shape index (κ2) is 6.05. The number of nitrogens with zero attached hydrogens (tertiary/aromatic N) is 1. The molecule has 0 aliphatic heterocycles. The molecule has 0 aromatic carbocycles. The Bertz CT molecular complexity index is 737. The van der Waals surface area contributed by atoms with Gasteiger partial charge in [-0.05, 0) is 31.5 Å². The molecule has 1 atom stereocenters. The van der Waals surface area contributed by atoms with Gasteiger partial charge < -0.3 is 15.5 Å². The molecule has 0 amide bonds. The summed E-state index contributed by atoms with van der Waals surface area (Å²) < 4.78 is 6.43. The largest absolute Gasteiger partial charge is 0.467 e. The number of nitrogens with one attached hydrogen (secondary N) is 1. The highest BCUT2D eigenvalue weighted by Crippen LogP contribution is 2.33. The number of thiophene rings is 1. The zero-order valence-corrected chi connectivity index (χ0v) is 13.2. The highest BCUT2D eigenvalue weighted by Gasteiger charge is 2.11. The van der Waals surface area contributed by atoms with Gasteiger partial charge in [0.05, 0.1) is 28.7 Å². The van der Waals surface area contributed by atoms with Crippen molar-refractivity contribution in [2.45, 2.75) is 25.9 Å². The molecule has 3 N–H and O–H groups in total. The van der Waals surface area contributed by atoms with Crippen molar-refractivity contribution in [1.29, 1.82) is 0 Å². The van der Waals surface area contributed by atoms with Crippen molar-refractivity contribution in [2.24, 2.45) is 5.73 Å². The van der Waals surface area contributed by atoms with Crippen LogP contribution in [0.1, 0.15) is 17.6 Å². The third-order valence-corrected chi connectivity index (χ3v) is 4.43. The van der Waals surface area contributed by atoms with Crippen molar-refractivity contribution < 1.29 is 4.42 Å². The van der Waals surface area contributed by atoms with E-state index in [-0.39, 0.29) is 6.04 Å². The fraction of sp³-hybridized carbons (Fsp3) is 0.267. The topological polar surface area (TPSA) is 64.1 Å². The zero-order valence-electron chi connectivity index (χ0n) is 11.6. The molecular formula is C15H16ClN3OS. The second-order valence-electron chi connectivity index (χ2n) is 5.03. The highest BCUT2D eigenvalue weighted by molar-refractivity contribution is 7.19. The van der Waals surface area contributed by atoms with Gasteiger partial charge in [-0.3, -0.25) is 0 Å². The van der Waals surface area contributed by atoms with E-state index in [9.17, 15) is 0 Å². The number of pyridine rings is 1. The summed E-state index contributed by atoms with van der Waals surface area (Å²) in [5.41, 5.74) is 7.75. The lowest BCUT2D eigenvalue weighted by molar-refractivity contribution is 0.518. The van der Waals surface area contributed by atoms with E-state index in [4.69, 9.17) is 21.8 Å². The average molecular weight is 322 g/mol. The summed E-state index contributed by atoms with van der Waals surface area (Å²) >= 11 is 7.81. The van der Waals surface area contributed by atoms with Crippen LogP contribution in [0.3, 0.4) is 0 Å². The third-order valence-electron chi connectivity index (χ3n) is 3.06. The van der Waals surface area contributed by atoms with Crippen LogP contribution in [0.2, 0.25) is 5.15 Å². The minimum Gasteiger partial charge on any atom is -0.467 e. The standard InChI is InChI=1S/C15H16ClN3OS/c1-9(17)5-11-6-13-15(21-11)12(7-14(16)19-13)18-8-10-3-2-4-20-10/h2-4,6-7,9H,5,8,17H2,1H3,(H,18,19)/t9-/m0/s1. The first kappa shape index (κ1) is 14.4. The number of nitrogens with two attached hydrogens (primary N) is 1. The molecule has 0 aliphatic carbocycles. The van der Waals surface area contributed by atoms with Crippen molar-refractivity contribution >= 4 is 38.8 Å². The summed E-state index contributed by atoms with van der Waals surface area (Å²) in [5, 5.41) is 3.84. The first-order chi connectivity index (χ1) is 10.1. The van der Waals surface area contributed by atoms with E-state index < -0.39 is 0 Å². The van der Waals surface area contributed by atoms with Gasteiger partial charge in [0, 0.05) is 17.0 Å². The van der Waals surface area contributed by atoms with Gasteiger partial charge in [0.1, 0.15) is 10.9 Å². The van der Waals surface area contributed by atoms with Gasteiger partial charge in [-0.25, -0.2) is 4.98 Å². The summed E-state index contributed by atoms with van der Waals surface area (Å²) in [6.07, 6.45) is 2.51. The number of anilines is 1. The molecule has 0 saturated carbocycles. The molecule has 0 saturated heterocycles. The Kier molecular flexibility index (Phi) is 4.14. The van der Waals surface area contributed by atoms with Crippen LogP contribution >= 0.6 is 22.9 Å². The predicted octanol–water partition coefficient (Wildman–Crippen LogP) is 4.04. The number of hydrogen-bond acceptors (Lipinski definition) is 5. The van der Waals surface area contributed by atoms with Gasteiger partial charge in [-0.1, -0.05) is 11.6 Å². The molecule has 3 heterocycles. The Morgan fingerprint density at radius 1 is 1.48 bits per heavy atom. The fourth-order valence-electron chi connectivity index (χ4n) is 2.18.